The Morgan fingerprint density at radius 3 is 2.45 bits per heavy atom. The fourth-order valence-electron chi connectivity index (χ4n) is 2.79. The van der Waals surface area contributed by atoms with Crippen molar-refractivity contribution < 1.29 is 14.3 Å². The Balaban J connectivity index is 2.28. The Morgan fingerprint density at radius 2 is 1.85 bits per heavy atom. The molecule has 0 atom stereocenters. The number of amides is 1. The minimum atomic E-state index is 0.139. The van der Waals surface area contributed by atoms with Crippen LogP contribution in [0.2, 0.25) is 0 Å². The van der Waals surface area contributed by atoms with E-state index in [0.717, 1.165) is 40.9 Å². The zero-order chi connectivity index (χ0) is 14.1. The molecule has 0 bridgehead atoms. The number of methoxy groups -OCH3 is 2. The number of rotatable bonds is 3. The number of carbonyl (C=O) groups is 1. The highest BCUT2D eigenvalue weighted by Crippen LogP contribution is 2.42. The van der Waals surface area contributed by atoms with Gasteiger partial charge >= 0.3 is 0 Å². The lowest BCUT2D eigenvalue weighted by Crippen LogP contribution is -2.24. The molecule has 2 aromatic rings. The molecule has 0 radical (unpaired) electrons. The van der Waals surface area contributed by atoms with Gasteiger partial charge in [0.05, 0.1) is 19.9 Å². The summed E-state index contributed by atoms with van der Waals surface area (Å²) < 4.78 is 11.0. The SMILES string of the molecule is COc1cc(N2CCCC2=O)c(OC)c2ccccc12. The van der Waals surface area contributed by atoms with Crippen LogP contribution in [0.4, 0.5) is 5.69 Å². The number of fused-ring (bicyclic) bond motifs is 1. The summed E-state index contributed by atoms with van der Waals surface area (Å²) in [6.45, 7) is 0.733. The highest BCUT2D eigenvalue weighted by molar-refractivity contribution is 6.04. The average Bonchev–Trinajstić information content (AvgIpc) is 2.91. The smallest absolute Gasteiger partial charge is 0.227 e. The average molecular weight is 271 g/mol. The van der Waals surface area contributed by atoms with Gasteiger partial charge in [0.15, 0.2) is 5.75 Å². The van der Waals surface area contributed by atoms with Gasteiger partial charge in [-0.3, -0.25) is 4.79 Å². The molecule has 1 aliphatic heterocycles. The van der Waals surface area contributed by atoms with Gasteiger partial charge in [0.2, 0.25) is 5.91 Å². The van der Waals surface area contributed by atoms with Crippen molar-refractivity contribution in [3.63, 3.8) is 0 Å². The van der Waals surface area contributed by atoms with Gasteiger partial charge in [-0.25, -0.2) is 0 Å². The summed E-state index contributed by atoms with van der Waals surface area (Å²) in [6.07, 6.45) is 1.48. The molecule has 1 saturated heterocycles. The van der Waals surface area contributed by atoms with Gasteiger partial charge in [-0.2, -0.15) is 0 Å². The van der Waals surface area contributed by atoms with E-state index in [0.29, 0.717) is 6.42 Å². The van der Waals surface area contributed by atoms with Crippen LogP contribution >= 0.6 is 0 Å². The molecular formula is C16H17NO3. The largest absolute Gasteiger partial charge is 0.496 e. The number of carbonyl (C=O) groups excluding carboxylic acids is 1. The fraction of sp³-hybridized carbons (Fsp3) is 0.312. The van der Waals surface area contributed by atoms with Gasteiger partial charge in [-0.1, -0.05) is 24.3 Å². The molecule has 1 amide bonds. The molecule has 0 saturated carbocycles. The van der Waals surface area contributed by atoms with Gasteiger partial charge in [0.1, 0.15) is 5.75 Å². The molecule has 2 aromatic carbocycles. The van der Waals surface area contributed by atoms with Gasteiger partial charge in [-0.15, -0.1) is 0 Å². The standard InChI is InChI=1S/C16H17NO3/c1-19-14-10-13(17-9-5-8-15(17)18)16(20-2)12-7-4-3-6-11(12)14/h3-4,6-7,10H,5,8-9H2,1-2H3. The third-order valence-electron chi connectivity index (χ3n) is 3.73. The van der Waals surface area contributed by atoms with Crippen LogP contribution in [-0.4, -0.2) is 26.7 Å². The minimum absolute atomic E-state index is 0.139. The van der Waals surface area contributed by atoms with Crippen LogP contribution in [-0.2, 0) is 4.79 Å². The maximum atomic E-state index is 12.0. The monoisotopic (exact) mass is 271 g/mol. The van der Waals surface area contributed by atoms with Crippen molar-refractivity contribution in [1.82, 2.24) is 0 Å². The number of anilines is 1. The summed E-state index contributed by atoms with van der Waals surface area (Å²) in [5.74, 6) is 1.63. The van der Waals surface area contributed by atoms with Gasteiger partial charge in [0.25, 0.3) is 0 Å². The van der Waals surface area contributed by atoms with E-state index in [4.69, 9.17) is 9.47 Å². The number of hydrogen-bond donors (Lipinski definition) is 0. The molecule has 3 rings (SSSR count). The number of ether oxygens (including phenoxy) is 2. The van der Waals surface area contributed by atoms with Crippen molar-refractivity contribution in [1.29, 1.82) is 0 Å². The van der Waals surface area contributed by atoms with Crippen LogP contribution in [0.25, 0.3) is 10.8 Å². The first kappa shape index (κ1) is 12.8. The maximum Gasteiger partial charge on any atom is 0.227 e. The van der Waals surface area contributed by atoms with Crippen molar-refractivity contribution >= 4 is 22.4 Å². The third-order valence-corrected chi connectivity index (χ3v) is 3.73. The first-order valence-corrected chi connectivity index (χ1v) is 6.70. The Morgan fingerprint density at radius 1 is 1.10 bits per heavy atom. The Labute approximate surface area is 117 Å². The number of hydrogen-bond acceptors (Lipinski definition) is 3. The van der Waals surface area contributed by atoms with E-state index in [-0.39, 0.29) is 5.91 Å². The quantitative estimate of drug-likeness (QED) is 0.861. The van der Waals surface area contributed by atoms with E-state index in [2.05, 4.69) is 0 Å². The van der Waals surface area contributed by atoms with Crippen molar-refractivity contribution in [2.75, 3.05) is 25.7 Å². The topological polar surface area (TPSA) is 38.8 Å². The highest BCUT2D eigenvalue weighted by Gasteiger charge is 2.26. The molecule has 0 aromatic heterocycles. The van der Waals surface area contributed by atoms with Gasteiger partial charge < -0.3 is 14.4 Å². The van der Waals surface area contributed by atoms with Gasteiger partial charge in [-0.05, 0) is 6.42 Å². The van der Waals surface area contributed by atoms with Crippen LogP contribution in [0.5, 0.6) is 11.5 Å². The Hall–Kier alpha value is -2.23. The Bertz CT molecular complexity index is 666. The second-order valence-corrected chi connectivity index (χ2v) is 4.83. The molecule has 0 N–H and O–H groups in total. The van der Waals surface area contributed by atoms with Crippen molar-refractivity contribution in [2.24, 2.45) is 0 Å². The lowest BCUT2D eigenvalue weighted by atomic mass is 10.1. The predicted octanol–water partition coefficient (Wildman–Crippen LogP) is 2.98. The number of nitrogens with zero attached hydrogens (tertiary/aromatic N) is 1. The molecule has 0 spiro atoms. The molecule has 104 valence electrons. The van der Waals surface area contributed by atoms with Crippen molar-refractivity contribution in [2.45, 2.75) is 12.8 Å². The summed E-state index contributed by atoms with van der Waals surface area (Å²) in [7, 11) is 3.28. The highest BCUT2D eigenvalue weighted by atomic mass is 16.5. The molecule has 20 heavy (non-hydrogen) atoms. The second-order valence-electron chi connectivity index (χ2n) is 4.83. The normalized spacial score (nSPS) is 14.9. The summed E-state index contributed by atoms with van der Waals surface area (Å²) in [5.41, 5.74) is 0.797. The van der Waals surface area contributed by atoms with E-state index >= 15 is 0 Å². The molecule has 1 heterocycles. The molecule has 0 aliphatic carbocycles. The molecule has 1 aliphatic rings. The van der Waals surface area contributed by atoms with Gasteiger partial charge in [0, 0.05) is 29.8 Å². The zero-order valence-corrected chi connectivity index (χ0v) is 11.7. The molecule has 4 nitrogen and oxygen atoms in total. The molecule has 1 fully saturated rings. The summed E-state index contributed by atoms with van der Waals surface area (Å²) in [5, 5.41) is 1.95. The molecular weight excluding hydrogens is 254 g/mol. The van der Waals surface area contributed by atoms with Crippen LogP contribution in [0, 0.1) is 0 Å². The van der Waals surface area contributed by atoms with E-state index < -0.39 is 0 Å². The summed E-state index contributed by atoms with van der Waals surface area (Å²) >= 11 is 0. The summed E-state index contributed by atoms with van der Waals surface area (Å²) in [4.78, 5) is 13.8. The first-order valence-electron chi connectivity index (χ1n) is 6.70. The lowest BCUT2D eigenvalue weighted by molar-refractivity contribution is -0.117. The Kier molecular flexibility index (Phi) is 3.22. The summed E-state index contributed by atoms with van der Waals surface area (Å²) in [6, 6.07) is 9.79. The molecule has 4 heteroatoms. The van der Waals surface area contributed by atoms with Crippen LogP contribution < -0.4 is 14.4 Å². The van der Waals surface area contributed by atoms with Crippen LogP contribution in [0.15, 0.2) is 30.3 Å². The van der Waals surface area contributed by atoms with E-state index in [1.165, 1.54) is 0 Å². The number of benzene rings is 2. The van der Waals surface area contributed by atoms with E-state index in [1.807, 2.05) is 30.3 Å². The lowest BCUT2D eigenvalue weighted by Gasteiger charge is -2.21. The zero-order valence-electron chi connectivity index (χ0n) is 11.7. The maximum absolute atomic E-state index is 12.0. The van der Waals surface area contributed by atoms with E-state index in [9.17, 15) is 4.79 Å². The van der Waals surface area contributed by atoms with Crippen LogP contribution in [0.3, 0.4) is 0 Å². The fourth-order valence-corrected chi connectivity index (χ4v) is 2.79. The van der Waals surface area contributed by atoms with Crippen LogP contribution in [0.1, 0.15) is 12.8 Å². The second kappa shape index (κ2) is 5.04. The molecule has 0 unspecified atom stereocenters. The van der Waals surface area contributed by atoms with E-state index in [1.54, 1.807) is 19.1 Å². The van der Waals surface area contributed by atoms with Crippen molar-refractivity contribution in [3.05, 3.63) is 30.3 Å². The minimum Gasteiger partial charge on any atom is -0.496 e. The predicted molar refractivity (Wildman–Crippen MR) is 78.6 cm³/mol. The third kappa shape index (κ3) is 1.88. The van der Waals surface area contributed by atoms with Crippen molar-refractivity contribution in [3.8, 4) is 11.5 Å². The first-order chi connectivity index (χ1) is 9.76.